The van der Waals surface area contributed by atoms with E-state index in [1.54, 1.807) is 24.3 Å². The molecule has 0 saturated heterocycles. The van der Waals surface area contributed by atoms with Gasteiger partial charge in [-0.3, -0.25) is 4.18 Å². The molecule has 1 aliphatic heterocycles. The summed E-state index contributed by atoms with van der Waals surface area (Å²) >= 11 is 0. The Hall–Kier alpha value is -2.05. The van der Waals surface area contributed by atoms with Crippen molar-refractivity contribution in [2.24, 2.45) is 0 Å². The highest BCUT2D eigenvalue weighted by atomic mass is 32.2. The standard InChI is InChI=1S/C18H21NO4S/c1-14-3-6-16(7-4-14)24(20,21)23-12-10-19-9-11-22-18-8-5-15(2)13-17(18)19/h3-8,13H,9-12H2,1-2H3. The van der Waals surface area contributed by atoms with Gasteiger partial charge in [-0.1, -0.05) is 23.8 Å². The molecule has 0 unspecified atom stereocenters. The van der Waals surface area contributed by atoms with Crippen LogP contribution in [0.15, 0.2) is 47.4 Å². The smallest absolute Gasteiger partial charge is 0.297 e. The lowest BCUT2D eigenvalue weighted by atomic mass is 10.1. The monoisotopic (exact) mass is 347 g/mol. The molecule has 0 amide bonds. The second kappa shape index (κ2) is 6.83. The van der Waals surface area contributed by atoms with Crippen molar-refractivity contribution in [1.29, 1.82) is 0 Å². The molecular formula is C18H21NO4S. The largest absolute Gasteiger partial charge is 0.490 e. The van der Waals surface area contributed by atoms with E-state index in [0.29, 0.717) is 19.7 Å². The molecule has 0 fully saturated rings. The fourth-order valence-electron chi connectivity index (χ4n) is 2.65. The molecule has 0 spiro atoms. The summed E-state index contributed by atoms with van der Waals surface area (Å²) in [7, 11) is -3.72. The van der Waals surface area contributed by atoms with Crippen molar-refractivity contribution in [2.45, 2.75) is 18.7 Å². The Morgan fingerprint density at radius 1 is 1.08 bits per heavy atom. The topological polar surface area (TPSA) is 55.8 Å². The van der Waals surface area contributed by atoms with E-state index in [1.165, 1.54) is 0 Å². The maximum absolute atomic E-state index is 12.2. The summed E-state index contributed by atoms with van der Waals surface area (Å²) in [6.07, 6.45) is 0. The lowest BCUT2D eigenvalue weighted by Crippen LogP contribution is -2.35. The van der Waals surface area contributed by atoms with Crippen LogP contribution < -0.4 is 9.64 Å². The van der Waals surface area contributed by atoms with Crippen LogP contribution in [0, 0.1) is 13.8 Å². The summed E-state index contributed by atoms with van der Waals surface area (Å²) in [5.74, 6) is 0.827. The van der Waals surface area contributed by atoms with Gasteiger partial charge in [-0.05, 0) is 43.7 Å². The third kappa shape index (κ3) is 3.71. The number of anilines is 1. The van der Waals surface area contributed by atoms with E-state index in [1.807, 2.05) is 32.0 Å². The maximum atomic E-state index is 12.2. The van der Waals surface area contributed by atoms with Gasteiger partial charge in [0.25, 0.3) is 10.1 Å². The predicted octanol–water partition coefficient (Wildman–Crippen LogP) is 2.91. The van der Waals surface area contributed by atoms with Gasteiger partial charge in [0.15, 0.2) is 0 Å². The van der Waals surface area contributed by atoms with Crippen molar-refractivity contribution in [1.82, 2.24) is 0 Å². The van der Waals surface area contributed by atoms with E-state index >= 15 is 0 Å². The van der Waals surface area contributed by atoms with Gasteiger partial charge < -0.3 is 9.64 Å². The zero-order chi connectivity index (χ0) is 17.2. The quantitative estimate of drug-likeness (QED) is 0.779. The van der Waals surface area contributed by atoms with Gasteiger partial charge in [0.1, 0.15) is 12.4 Å². The molecule has 0 radical (unpaired) electrons. The van der Waals surface area contributed by atoms with Crippen molar-refractivity contribution in [3.05, 3.63) is 53.6 Å². The molecule has 0 aliphatic carbocycles. The van der Waals surface area contributed by atoms with Gasteiger partial charge in [0.2, 0.25) is 0 Å². The van der Waals surface area contributed by atoms with E-state index in [-0.39, 0.29) is 11.5 Å². The average molecular weight is 347 g/mol. The number of fused-ring (bicyclic) bond motifs is 1. The Morgan fingerprint density at radius 2 is 1.79 bits per heavy atom. The fraction of sp³-hybridized carbons (Fsp3) is 0.333. The van der Waals surface area contributed by atoms with Crippen molar-refractivity contribution >= 4 is 15.8 Å². The molecule has 0 N–H and O–H groups in total. The van der Waals surface area contributed by atoms with Gasteiger partial charge in [-0.25, -0.2) is 0 Å². The van der Waals surface area contributed by atoms with Gasteiger partial charge >= 0.3 is 0 Å². The van der Waals surface area contributed by atoms with E-state index in [0.717, 1.165) is 22.6 Å². The van der Waals surface area contributed by atoms with E-state index in [2.05, 4.69) is 4.90 Å². The summed E-state index contributed by atoms with van der Waals surface area (Å²) in [6.45, 7) is 5.82. The van der Waals surface area contributed by atoms with Gasteiger partial charge in [-0.15, -0.1) is 0 Å². The number of hydrogen-bond acceptors (Lipinski definition) is 5. The molecule has 3 rings (SSSR count). The average Bonchev–Trinajstić information content (AvgIpc) is 2.55. The normalized spacial score (nSPS) is 14.2. The third-order valence-corrected chi connectivity index (χ3v) is 5.31. The molecule has 1 aliphatic rings. The summed E-state index contributed by atoms with van der Waals surface area (Å²) < 4.78 is 35.3. The molecule has 0 aromatic heterocycles. The SMILES string of the molecule is Cc1ccc(S(=O)(=O)OCCN2CCOc3ccc(C)cc32)cc1. The van der Waals surface area contributed by atoms with Crippen molar-refractivity contribution in [3.8, 4) is 5.75 Å². The second-order valence-corrected chi connectivity index (χ2v) is 7.51. The molecule has 0 bridgehead atoms. The number of rotatable bonds is 5. The third-order valence-electron chi connectivity index (χ3n) is 3.98. The van der Waals surface area contributed by atoms with E-state index in [9.17, 15) is 8.42 Å². The van der Waals surface area contributed by atoms with Crippen LogP contribution in [-0.2, 0) is 14.3 Å². The minimum atomic E-state index is -3.72. The Bertz CT molecular complexity index is 815. The van der Waals surface area contributed by atoms with Crippen LogP contribution in [0.2, 0.25) is 0 Å². The van der Waals surface area contributed by atoms with Crippen LogP contribution in [0.25, 0.3) is 0 Å². The first kappa shape index (κ1) is 16.8. The molecule has 0 atom stereocenters. The summed E-state index contributed by atoms with van der Waals surface area (Å²) in [6, 6.07) is 12.6. The van der Waals surface area contributed by atoms with Crippen LogP contribution >= 0.6 is 0 Å². The van der Waals surface area contributed by atoms with Crippen LogP contribution in [0.1, 0.15) is 11.1 Å². The van der Waals surface area contributed by atoms with Crippen molar-refractivity contribution in [3.63, 3.8) is 0 Å². The molecular weight excluding hydrogens is 326 g/mol. The van der Waals surface area contributed by atoms with Crippen LogP contribution in [0.4, 0.5) is 5.69 Å². The Kier molecular flexibility index (Phi) is 4.78. The van der Waals surface area contributed by atoms with Gasteiger partial charge in [-0.2, -0.15) is 8.42 Å². The first-order valence-electron chi connectivity index (χ1n) is 7.90. The van der Waals surface area contributed by atoms with E-state index in [4.69, 9.17) is 8.92 Å². The molecule has 6 heteroatoms. The Balaban J connectivity index is 1.65. The predicted molar refractivity (Wildman–Crippen MR) is 93.2 cm³/mol. The van der Waals surface area contributed by atoms with Crippen molar-refractivity contribution in [2.75, 3.05) is 31.2 Å². The number of ether oxygens (including phenoxy) is 1. The van der Waals surface area contributed by atoms with Gasteiger partial charge in [0, 0.05) is 6.54 Å². The lowest BCUT2D eigenvalue weighted by Gasteiger charge is -2.31. The molecule has 0 saturated carbocycles. The Morgan fingerprint density at radius 3 is 2.54 bits per heavy atom. The zero-order valence-corrected chi connectivity index (χ0v) is 14.7. The fourth-order valence-corrected chi connectivity index (χ4v) is 3.54. The van der Waals surface area contributed by atoms with Crippen LogP contribution in [0.3, 0.4) is 0 Å². The van der Waals surface area contributed by atoms with Gasteiger partial charge in [0.05, 0.1) is 23.7 Å². The second-order valence-electron chi connectivity index (χ2n) is 5.90. The molecule has 2 aromatic carbocycles. The Labute approximate surface area is 142 Å². The number of nitrogens with zero attached hydrogens (tertiary/aromatic N) is 1. The molecule has 2 aromatic rings. The summed E-state index contributed by atoms with van der Waals surface area (Å²) in [5, 5.41) is 0. The maximum Gasteiger partial charge on any atom is 0.297 e. The number of aryl methyl sites for hydroxylation is 2. The first-order chi connectivity index (χ1) is 11.5. The molecule has 24 heavy (non-hydrogen) atoms. The van der Waals surface area contributed by atoms with Crippen LogP contribution in [-0.4, -0.2) is 34.7 Å². The minimum Gasteiger partial charge on any atom is -0.490 e. The molecule has 1 heterocycles. The number of benzene rings is 2. The lowest BCUT2D eigenvalue weighted by molar-refractivity contribution is 0.290. The zero-order valence-electron chi connectivity index (χ0n) is 13.9. The highest BCUT2D eigenvalue weighted by Gasteiger charge is 2.20. The first-order valence-corrected chi connectivity index (χ1v) is 9.31. The molecule has 5 nitrogen and oxygen atoms in total. The van der Waals surface area contributed by atoms with Crippen LogP contribution in [0.5, 0.6) is 5.75 Å². The number of hydrogen-bond donors (Lipinski definition) is 0. The highest BCUT2D eigenvalue weighted by molar-refractivity contribution is 7.86. The minimum absolute atomic E-state index is 0.101. The van der Waals surface area contributed by atoms with E-state index < -0.39 is 10.1 Å². The summed E-state index contributed by atoms with van der Waals surface area (Å²) in [4.78, 5) is 2.28. The summed E-state index contributed by atoms with van der Waals surface area (Å²) in [5.41, 5.74) is 3.13. The van der Waals surface area contributed by atoms with Crippen molar-refractivity contribution < 1.29 is 17.3 Å². The molecule has 128 valence electrons. The highest BCUT2D eigenvalue weighted by Crippen LogP contribution is 2.32.